The molecule has 2 fully saturated rings. The maximum Gasteiger partial charge on any atom is 0.231 e. The summed E-state index contributed by atoms with van der Waals surface area (Å²) in [5, 5.41) is 11.3. The topological polar surface area (TPSA) is 84.4 Å². The van der Waals surface area contributed by atoms with Crippen molar-refractivity contribution in [2.24, 2.45) is 5.92 Å². The minimum absolute atomic E-state index is 0.107. The van der Waals surface area contributed by atoms with E-state index in [1.165, 1.54) is 24.2 Å². The molecule has 0 bridgehead atoms. The Morgan fingerprint density at radius 2 is 2.21 bits per heavy atom. The lowest BCUT2D eigenvalue weighted by Crippen LogP contribution is -2.35. The fourth-order valence-corrected chi connectivity index (χ4v) is 4.94. The lowest BCUT2D eigenvalue weighted by molar-refractivity contribution is -0.129. The van der Waals surface area contributed by atoms with Gasteiger partial charge in [-0.2, -0.15) is 0 Å². The summed E-state index contributed by atoms with van der Waals surface area (Å²) in [4.78, 5) is 26.5. The smallest absolute Gasteiger partial charge is 0.231 e. The number of aromatic nitrogens is 2. The van der Waals surface area contributed by atoms with Gasteiger partial charge in [0.1, 0.15) is 0 Å². The number of ether oxygens (including phenoxy) is 1. The number of nitrogens with one attached hydrogen (secondary N) is 1. The summed E-state index contributed by atoms with van der Waals surface area (Å²) in [5.74, 6) is 0.488. The molecule has 1 aromatic heterocycles. The minimum atomic E-state index is -0.286. The van der Waals surface area contributed by atoms with Crippen molar-refractivity contribution in [2.45, 2.75) is 42.5 Å². The molecule has 2 aliphatic rings. The number of amides is 2. The number of hydrogen-bond acceptors (Lipinski definition) is 7. The van der Waals surface area contributed by atoms with Gasteiger partial charge in [-0.15, -0.1) is 10.2 Å². The molecule has 0 radical (unpaired) electrons. The van der Waals surface area contributed by atoms with Crippen LogP contribution < -0.4 is 5.32 Å². The highest BCUT2D eigenvalue weighted by Crippen LogP contribution is 2.31. The van der Waals surface area contributed by atoms with Gasteiger partial charge < -0.3 is 15.0 Å². The number of nitrogens with zero attached hydrogens (tertiary/aromatic N) is 3. The third kappa shape index (κ3) is 4.25. The zero-order valence-electron chi connectivity index (χ0n) is 13.7. The lowest BCUT2D eigenvalue weighted by atomic mass is 10.1. The number of carbonyl (C=O) groups excluding carboxylic acids is 2. The van der Waals surface area contributed by atoms with Gasteiger partial charge in [-0.25, -0.2) is 0 Å². The van der Waals surface area contributed by atoms with E-state index in [9.17, 15) is 9.59 Å². The second kappa shape index (κ2) is 8.26. The Hall–Kier alpha value is -1.19. The molecule has 0 spiro atoms. The lowest BCUT2D eigenvalue weighted by Gasteiger charge is -2.23. The van der Waals surface area contributed by atoms with Crippen molar-refractivity contribution in [1.82, 2.24) is 15.1 Å². The molecule has 1 saturated carbocycles. The Kier molecular flexibility index (Phi) is 6.07. The van der Waals surface area contributed by atoms with E-state index in [4.69, 9.17) is 4.74 Å². The van der Waals surface area contributed by atoms with Crippen molar-refractivity contribution in [2.75, 3.05) is 31.3 Å². The Morgan fingerprint density at radius 3 is 2.96 bits per heavy atom. The third-order valence-corrected chi connectivity index (χ3v) is 6.38. The Morgan fingerprint density at radius 1 is 1.42 bits per heavy atom. The normalized spacial score (nSPS) is 21.6. The standard InChI is InChI=1S/C15H22N4O3S2/c1-22-6-7-23-15-18-17-14(24-15)16-13(21)10-8-12(20)19(9-10)11-4-2-3-5-11/h10-11H,2-9H2,1H3,(H,16,17,21)/t10-/m0/s1. The van der Waals surface area contributed by atoms with Gasteiger partial charge in [0.05, 0.1) is 12.5 Å². The third-order valence-electron chi connectivity index (χ3n) is 4.44. The van der Waals surface area contributed by atoms with E-state index in [-0.39, 0.29) is 17.7 Å². The van der Waals surface area contributed by atoms with Crippen LogP contribution in [0, 0.1) is 5.92 Å². The van der Waals surface area contributed by atoms with Crippen LogP contribution in [0.15, 0.2) is 4.34 Å². The monoisotopic (exact) mass is 370 g/mol. The Balaban J connectivity index is 1.51. The summed E-state index contributed by atoms with van der Waals surface area (Å²) in [6.07, 6.45) is 4.80. The first-order chi connectivity index (χ1) is 11.7. The largest absolute Gasteiger partial charge is 0.384 e. The van der Waals surface area contributed by atoms with Crippen LogP contribution in [0.3, 0.4) is 0 Å². The molecule has 2 heterocycles. The van der Waals surface area contributed by atoms with E-state index in [0.717, 1.165) is 22.9 Å². The predicted molar refractivity (Wildman–Crippen MR) is 93.2 cm³/mol. The van der Waals surface area contributed by atoms with Gasteiger partial charge in [-0.05, 0) is 12.8 Å². The summed E-state index contributed by atoms with van der Waals surface area (Å²) >= 11 is 2.90. The molecule has 1 saturated heterocycles. The number of carbonyl (C=O) groups is 2. The number of rotatable bonds is 7. The minimum Gasteiger partial charge on any atom is -0.384 e. The van der Waals surface area contributed by atoms with Crippen LogP contribution in [0.1, 0.15) is 32.1 Å². The first-order valence-corrected chi connectivity index (χ1v) is 10.0. The average Bonchev–Trinajstić information content (AvgIpc) is 3.28. The maximum absolute atomic E-state index is 12.4. The summed E-state index contributed by atoms with van der Waals surface area (Å²) in [5.41, 5.74) is 0. The molecular weight excluding hydrogens is 348 g/mol. The molecule has 0 unspecified atom stereocenters. The van der Waals surface area contributed by atoms with Crippen LogP contribution in [-0.2, 0) is 14.3 Å². The summed E-state index contributed by atoms with van der Waals surface area (Å²) in [7, 11) is 1.66. The van der Waals surface area contributed by atoms with E-state index in [0.29, 0.717) is 30.7 Å². The van der Waals surface area contributed by atoms with Crippen molar-refractivity contribution >= 4 is 40.0 Å². The van der Waals surface area contributed by atoms with Crippen molar-refractivity contribution in [3.63, 3.8) is 0 Å². The molecule has 1 aromatic rings. The molecule has 3 rings (SSSR count). The fourth-order valence-electron chi connectivity index (χ4n) is 3.21. The van der Waals surface area contributed by atoms with Crippen LogP contribution in [0.25, 0.3) is 0 Å². The highest BCUT2D eigenvalue weighted by atomic mass is 32.2. The van der Waals surface area contributed by atoms with Gasteiger partial charge in [0.25, 0.3) is 0 Å². The fraction of sp³-hybridized carbons (Fsp3) is 0.733. The SMILES string of the molecule is COCCSc1nnc(NC(=O)[C@H]2CC(=O)N(C3CCCC3)C2)s1. The predicted octanol–water partition coefficient (Wildman–Crippen LogP) is 2.01. The molecular formula is C15H22N4O3S2. The number of thioether (sulfide) groups is 1. The number of anilines is 1. The maximum atomic E-state index is 12.4. The van der Waals surface area contributed by atoms with Crippen molar-refractivity contribution in [1.29, 1.82) is 0 Å². The zero-order valence-corrected chi connectivity index (χ0v) is 15.3. The van der Waals surface area contributed by atoms with E-state index in [1.54, 1.807) is 18.9 Å². The molecule has 2 amide bonds. The van der Waals surface area contributed by atoms with Gasteiger partial charge in [0.2, 0.25) is 16.9 Å². The van der Waals surface area contributed by atoms with Gasteiger partial charge in [0.15, 0.2) is 4.34 Å². The van der Waals surface area contributed by atoms with Crippen LogP contribution >= 0.6 is 23.1 Å². The molecule has 0 aromatic carbocycles. The van der Waals surface area contributed by atoms with Crippen LogP contribution in [0.2, 0.25) is 0 Å². The van der Waals surface area contributed by atoms with Gasteiger partial charge >= 0.3 is 0 Å². The first kappa shape index (κ1) is 17.6. The molecule has 1 aliphatic heterocycles. The quantitative estimate of drug-likeness (QED) is 0.449. The van der Waals surface area contributed by atoms with Crippen LogP contribution in [0.4, 0.5) is 5.13 Å². The summed E-state index contributed by atoms with van der Waals surface area (Å²) < 4.78 is 5.80. The number of hydrogen-bond donors (Lipinski definition) is 1. The van der Waals surface area contributed by atoms with E-state index in [2.05, 4.69) is 15.5 Å². The average molecular weight is 371 g/mol. The van der Waals surface area contributed by atoms with E-state index in [1.807, 2.05) is 4.90 Å². The van der Waals surface area contributed by atoms with Crippen LogP contribution in [-0.4, -0.2) is 59.0 Å². The number of likely N-dealkylation sites (tertiary alicyclic amines) is 1. The molecule has 1 N–H and O–H groups in total. The molecule has 132 valence electrons. The van der Waals surface area contributed by atoms with Gasteiger partial charge in [-0.3, -0.25) is 9.59 Å². The zero-order chi connectivity index (χ0) is 16.9. The Labute approximate surface area is 149 Å². The van der Waals surface area contributed by atoms with E-state index < -0.39 is 0 Å². The van der Waals surface area contributed by atoms with Crippen molar-refractivity contribution < 1.29 is 14.3 Å². The second-order valence-electron chi connectivity index (χ2n) is 6.09. The second-order valence-corrected chi connectivity index (χ2v) is 8.41. The van der Waals surface area contributed by atoms with Crippen molar-refractivity contribution in [3.8, 4) is 0 Å². The number of methoxy groups -OCH3 is 1. The van der Waals surface area contributed by atoms with Crippen molar-refractivity contribution in [3.05, 3.63) is 0 Å². The highest BCUT2D eigenvalue weighted by Gasteiger charge is 2.38. The highest BCUT2D eigenvalue weighted by molar-refractivity contribution is 8.01. The van der Waals surface area contributed by atoms with Crippen LogP contribution in [0.5, 0.6) is 0 Å². The van der Waals surface area contributed by atoms with Gasteiger partial charge in [0, 0.05) is 31.9 Å². The molecule has 9 heteroatoms. The summed E-state index contributed by atoms with van der Waals surface area (Å²) in [6, 6.07) is 0.334. The molecule has 7 nitrogen and oxygen atoms in total. The summed E-state index contributed by atoms with van der Waals surface area (Å²) in [6.45, 7) is 1.18. The molecule has 1 aliphatic carbocycles. The van der Waals surface area contributed by atoms with E-state index >= 15 is 0 Å². The Bertz CT molecular complexity index is 589. The molecule has 24 heavy (non-hydrogen) atoms. The molecule has 1 atom stereocenters. The first-order valence-electron chi connectivity index (χ1n) is 8.23. The van der Waals surface area contributed by atoms with Gasteiger partial charge in [-0.1, -0.05) is 35.9 Å².